The molecule has 0 aliphatic heterocycles. The van der Waals surface area contributed by atoms with Crippen molar-refractivity contribution in [1.82, 2.24) is 0 Å². The van der Waals surface area contributed by atoms with Crippen LogP contribution < -0.4 is 0 Å². The number of carbonyl (C=O) groups excluding carboxylic acids is 1. The Morgan fingerprint density at radius 1 is 0.955 bits per heavy atom. The van der Waals surface area contributed by atoms with Crippen LogP contribution in [-0.4, -0.2) is 40.5 Å². The van der Waals surface area contributed by atoms with Crippen molar-refractivity contribution in [1.29, 1.82) is 0 Å². The molecule has 132 valence electrons. The molecule has 0 aromatic carbocycles. The molecule has 0 fully saturated rings. The quantitative estimate of drug-likeness (QED) is 0.337. The Kier molecular flexibility index (Phi) is 13.6. The van der Waals surface area contributed by atoms with E-state index >= 15 is 0 Å². The van der Waals surface area contributed by atoms with Crippen molar-refractivity contribution in [3.05, 3.63) is 0 Å². The maximum Gasteiger partial charge on any atom is 0.501 e. The minimum absolute atomic E-state index is 0.156. The number of rotatable bonds is 14. The zero-order chi connectivity index (χ0) is 16.8. The molecule has 1 unspecified atom stereocenters. The van der Waals surface area contributed by atoms with Gasteiger partial charge in [0.1, 0.15) is 0 Å². The SMILES string of the molecule is CCCCCCCCCC(=O)SC(C)C[Si](OC)(OC)OC. The molecule has 0 radical (unpaired) electrons. The van der Waals surface area contributed by atoms with Crippen LogP contribution in [0.3, 0.4) is 0 Å². The van der Waals surface area contributed by atoms with Gasteiger partial charge in [-0.1, -0.05) is 64.1 Å². The third-order valence-corrected chi connectivity index (χ3v) is 8.10. The second kappa shape index (κ2) is 13.5. The number of unbranched alkanes of at least 4 members (excludes halogenated alkanes) is 6. The van der Waals surface area contributed by atoms with Crippen LogP contribution in [0.1, 0.15) is 65.2 Å². The maximum absolute atomic E-state index is 12.0. The summed E-state index contributed by atoms with van der Waals surface area (Å²) in [4.78, 5) is 12.0. The molecule has 1 atom stereocenters. The summed E-state index contributed by atoms with van der Waals surface area (Å²) in [5.41, 5.74) is 0. The van der Waals surface area contributed by atoms with E-state index in [1.54, 1.807) is 21.3 Å². The van der Waals surface area contributed by atoms with Gasteiger partial charge < -0.3 is 13.3 Å². The van der Waals surface area contributed by atoms with Crippen LogP contribution in [0.5, 0.6) is 0 Å². The van der Waals surface area contributed by atoms with E-state index in [0.29, 0.717) is 12.5 Å². The van der Waals surface area contributed by atoms with Gasteiger partial charge >= 0.3 is 8.80 Å². The number of hydrogen-bond acceptors (Lipinski definition) is 5. The molecule has 0 bridgehead atoms. The molecular formula is C16H34O4SSi. The van der Waals surface area contributed by atoms with Crippen LogP contribution in [0, 0.1) is 0 Å². The summed E-state index contributed by atoms with van der Waals surface area (Å²) in [5, 5.41) is 0.427. The summed E-state index contributed by atoms with van der Waals surface area (Å²) < 4.78 is 16.2. The monoisotopic (exact) mass is 350 g/mol. The molecule has 0 rings (SSSR count). The first-order valence-corrected chi connectivity index (χ1v) is 11.2. The molecule has 0 aromatic heterocycles. The van der Waals surface area contributed by atoms with Crippen molar-refractivity contribution in [2.24, 2.45) is 0 Å². The van der Waals surface area contributed by atoms with E-state index in [2.05, 4.69) is 6.92 Å². The largest absolute Gasteiger partial charge is 0.501 e. The first-order valence-electron chi connectivity index (χ1n) is 8.38. The van der Waals surface area contributed by atoms with E-state index in [4.69, 9.17) is 13.3 Å². The van der Waals surface area contributed by atoms with Crippen molar-refractivity contribution >= 4 is 25.7 Å². The van der Waals surface area contributed by atoms with Crippen molar-refractivity contribution in [2.45, 2.75) is 76.5 Å². The Morgan fingerprint density at radius 2 is 1.45 bits per heavy atom. The lowest BCUT2D eigenvalue weighted by molar-refractivity contribution is -0.111. The highest BCUT2D eigenvalue weighted by Crippen LogP contribution is 2.25. The first-order chi connectivity index (χ1) is 10.5. The normalized spacial score (nSPS) is 13.3. The summed E-state index contributed by atoms with van der Waals surface area (Å²) in [7, 11) is 2.25. The van der Waals surface area contributed by atoms with Gasteiger partial charge in [0.25, 0.3) is 0 Å². The van der Waals surface area contributed by atoms with Crippen LogP contribution in [0.15, 0.2) is 0 Å². The molecule has 0 aliphatic rings. The van der Waals surface area contributed by atoms with E-state index in [1.165, 1.54) is 43.9 Å². The van der Waals surface area contributed by atoms with Crippen LogP contribution in [0.2, 0.25) is 6.04 Å². The highest BCUT2D eigenvalue weighted by atomic mass is 32.2. The second-order valence-corrected chi connectivity index (χ2v) is 10.2. The zero-order valence-electron chi connectivity index (χ0n) is 15.0. The van der Waals surface area contributed by atoms with E-state index in [9.17, 15) is 4.79 Å². The zero-order valence-corrected chi connectivity index (χ0v) is 16.8. The first kappa shape index (κ1) is 22.1. The van der Waals surface area contributed by atoms with Crippen molar-refractivity contribution in [2.75, 3.05) is 21.3 Å². The van der Waals surface area contributed by atoms with Gasteiger partial charge in [-0.2, -0.15) is 0 Å². The Morgan fingerprint density at radius 3 is 1.95 bits per heavy atom. The lowest BCUT2D eigenvalue weighted by atomic mass is 10.1. The third-order valence-electron chi connectivity index (χ3n) is 3.79. The number of thioether (sulfide) groups is 1. The maximum atomic E-state index is 12.0. The van der Waals surface area contributed by atoms with Crippen molar-refractivity contribution in [3.8, 4) is 0 Å². The highest BCUT2D eigenvalue weighted by molar-refractivity contribution is 8.14. The lowest BCUT2D eigenvalue weighted by Crippen LogP contribution is -2.44. The summed E-state index contributed by atoms with van der Waals surface area (Å²) in [6, 6.07) is 0.657. The molecule has 0 heterocycles. The fourth-order valence-electron chi connectivity index (χ4n) is 2.40. The minimum Gasteiger partial charge on any atom is -0.377 e. The van der Waals surface area contributed by atoms with Gasteiger partial charge in [0.15, 0.2) is 5.12 Å². The summed E-state index contributed by atoms with van der Waals surface area (Å²) in [5.74, 6) is 0. The van der Waals surface area contributed by atoms with Gasteiger partial charge in [0.05, 0.1) is 0 Å². The number of hydrogen-bond donors (Lipinski definition) is 0. The molecule has 4 nitrogen and oxygen atoms in total. The molecule has 0 amide bonds. The Hall–Kier alpha value is 0.117. The molecule has 0 aromatic rings. The molecule has 0 saturated heterocycles. The lowest BCUT2D eigenvalue weighted by Gasteiger charge is -2.26. The van der Waals surface area contributed by atoms with Gasteiger partial charge in [0.2, 0.25) is 0 Å². The molecule has 6 heteroatoms. The van der Waals surface area contributed by atoms with Crippen LogP contribution in [0.4, 0.5) is 0 Å². The van der Waals surface area contributed by atoms with E-state index in [-0.39, 0.29) is 10.4 Å². The molecule has 0 N–H and O–H groups in total. The molecular weight excluding hydrogens is 316 g/mol. The van der Waals surface area contributed by atoms with Gasteiger partial charge in [-0.3, -0.25) is 4.79 Å². The standard InChI is InChI=1S/C16H34O4SSi/c1-6-7-8-9-10-11-12-13-16(17)21-15(2)14-22(18-3,19-4)20-5/h15H,6-14H2,1-5H3. The average molecular weight is 351 g/mol. The van der Waals surface area contributed by atoms with Crippen molar-refractivity contribution < 1.29 is 18.1 Å². The predicted octanol–water partition coefficient (Wildman–Crippen LogP) is 4.65. The van der Waals surface area contributed by atoms with E-state index < -0.39 is 8.80 Å². The van der Waals surface area contributed by atoms with Crippen LogP contribution >= 0.6 is 11.8 Å². The summed E-state index contributed by atoms with van der Waals surface area (Å²) in [6.07, 6.45) is 9.33. The fourth-order valence-corrected chi connectivity index (χ4v) is 5.76. The minimum atomic E-state index is -2.58. The molecule has 0 spiro atoms. The topological polar surface area (TPSA) is 44.8 Å². The molecule has 22 heavy (non-hydrogen) atoms. The second-order valence-electron chi connectivity index (χ2n) is 5.67. The predicted molar refractivity (Wildman–Crippen MR) is 96.3 cm³/mol. The van der Waals surface area contributed by atoms with Gasteiger partial charge in [-0.25, -0.2) is 0 Å². The number of carbonyl (C=O) groups is 1. The van der Waals surface area contributed by atoms with E-state index in [1.807, 2.05) is 6.92 Å². The smallest absolute Gasteiger partial charge is 0.377 e. The van der Waals surface area contributed by atoms with Gasteiger partial charge in [0, 0.05) is 39.0 Å². The third kappa shape index (κ3) is 10.00. The Balaban J connectivity index is 3.82. The van der Waals surface area contributed by atoms with Crippen molar-refractivity contribution in [3.63, 3.8) is 0 Å². The Bertz CT molecular complexity index is 277. The molecule has 0 aliphatic carbocycles. The summed E-state index contributed by atoms with van der Waals surface area (Å²) in [6.45, 7) is 4.26. The van der Waals surface area contributed by atoms with E-state index in [0.717, 1.165) is 12.8 Å². The Labute approximate surface area is 142 Å². The average Bonchev–Trinajstić information content (AvgIpc) is 2.52. The highest BCUT2D eigenvalue weighted by Gasteiger charge is 2.39. The van der Waals surface area contributed by atoms with Gasteiger partial charge in [-0.15, -0.1) is 0 Å². The fraction of sp³-hybridized carbons (Fsp3) is 0.938. The summed E-state index contributed by atoms with van der Waals surface area (Å²) >= 11 is 1.40. The molecule has 0 saturated carbocycles. The van der Waals surface area contributed by atoms with Gasteiger partial charge in [-0.05, 0) is 6.42 Å². The van der Waals surface area contributed by atoms with Crippen LogP contribution in [0.25, 0.3) is 0 Å². The van der Waals surface area contributed by atoms with Crippen LogP contribution in [-0.2, 0) is 18.1 Å².